The van der Waals surface area contributed by atoms with Gasteiger partial charge in [0.15, 0.2) is 0 Å². The Bertz CT molecular complexity index is 2070. The number of thiophene rings is 1. The van der Waals surface area contributed by atoms with Crippen LogP contribution in [0.1, 0.15) is 26.3 Å². The van der Waals surface area contributed by atoms with Gasteiger partial charge < -0.3 is 9.97 Å². The Hall–Kier alpha value is -3.73. The van der Waals surface area contributed by atoms with E-state index in [1.807, 2.05) is 48.0 Å². The Kier molecular flexibility index (Phi) is 10.7. The van der Waals surface area contributed by atoms with Crippen molar-refractivity contribution in [2.45, 2.75) is 46.8 Å². The zero-order chi connectivity index (χ0) is 32.3. The largest absolute Gasteiger partial charge is 0.305 e. The maximum absolute atomic E-state index is 4.66. The Morgan fingerprint density at radius 3 is 2.19 bits per heavy atom. The van der Waals surface area contributed by atoms with Gasteiger partial charge in [-0.1, -0.05) is 112 Å². The molecule has 0 saturated carbocycles. The summed E-state index contributed by atoms with van der Waals surface area (Å²) in [4.78, 5) is 9.18. The van der Waals surface area contributed by atoms with E-state index in [-0.39, 0.29) is 25.5 Å². The molecule has 0 atom stereocenters. The van der Waals surface area contributed by atoms with E-state index < -0.39 is 8.07 Å². The van der Waals surface area contributed by atoms with Gasteiger partial charge in [-0.2, -0.15) is 11.3 Å². The molecule has 3 aromatic heterocycles. The number of fused-ring (bicyclic) bond motifs is 3. The molecule has 0 N–H and O–H groups in total. The van der Waals surface area contributed by atoms with Gasteiger partial charge in [0, 0.05) is 37.2 Å². The molecule has 7 rings (SSSR count). The van der Waals surface area contributed by atoms with Crippen LogP contribution >= 0.6 is 11.3 Å². The molecule has 0 fully saturated rings. The van der Waals surface area contributed by atoms with Crippen LogP contribution < -0.4 is 5.19 Å². The van der Waals surface area contributed by atoms with Crippen LogP contribution in [-0.4, -0.2) is 18.0 Å². The van der Waals surface area contributed by atoms with Gasteiger partial charge in [0.2, 0.25) is 0 Å². The summed E-state index contributed by atoms with van der Waals surface area (Å²) in [6, 6.07) is 44.9. The minimum atomic E-state index is -1.23. The van der Waals surface area contributed by atoms with Crippen LogP contribution in [0.3, 0.4) is 0 Å². The quantitative estimate of drug-likeness (QED) is 0.128. The summed E-state index contributed by atoms with van der Waals surface area (Å²) in [5, 5.41) is 4.00. The summed E-state index contributed by atoms with van der Waals surface area (Å²) in [5.41, 5.74) is 8.22. The van der Waals surface area contributed by atoms with Gasteiger partial charge in [-0.05, 0) is 61.8 Å². The third kappa shape index (κ3) is 8.41. The third-order valence-electron chi connectivity index (χ3n) is 7.96. The molecule has 0 aliphatic carbocycles. The van der Waals surface area contributed by atoms with Gasteiger partial charge in [0.05, 0.1) is 8.07 Å². The molecule has 5 heteroatoms. The first-order valence-corrected chi connectivity index (χ1v) is 20.2. The number of hydrogen-bond acceptors (Lipinski definition) is 3. The molecule has 0 saturated heterocycles. The molecule has 239 valence electrons. The van der Waals surface area contributed by atoms with Crippen molar-refractivity contribution < 1.29 is 20.1 Å². The van der Waals surface area contributed by atoms with Gasteiger partial charge >= 0.3 is 0 Å². The first-order chi connectivity index (χ1) is 22.0. The molecule has 3 heterocycles. The van der Waals surface area contributed by atoms with Gasteiger partial charge in [0.1, 0.15) is 0 Å². The Morgan fingerprint density at radius 1 is 0.723 bits per heavy atom. The molecule has 1 radical (unpaired) electrons. The standard InChI is InChI=1S/C28H24NS.C14H16NSi.Ir/c1-28(2,3)18-19-14-15-29-24(16-19)21-12-13-25-23(17-21)27-22(10-7-11-26(27)30-25)20-8-5-4-6-9-20;1-16(2,3)13-9-10-14(15-11-13)12-7-5-4-6-8-12;/h4-11,13-17H,18H2,1-3H3;4-7,9-11H,1-3H3;/q2*-1;. The first kappa shape index (κ1) is 34.6. The van der Waals surface area contributed by atoms with Crippen molar-refractivity contribution in [1.29, 1.82) is 0 Å². The molecule has 47 heavy (non-hydrogen) atoms. The van der Waals surface area contributed by atoms with Crippen molar-refractivity contribution >= 4 is 44.8 Å². The van der Waals surface area contributed by atoms with Crippen LogP contribution in [0.5, 0.6) is 0 Å². The minimum absolute atomic E-state index is 0. The van der Waals surface area contributed by atoms with Crippen LogP contribution in [-0.2, 0) is 26.5 Å². The van der Waals surface area contributed by atoms with E-state index in [0.29, 0.717) is 0 Å². The molecule has 4 aromatic carbocycles. The molecule has 2 nitrogen and oxygen atoms in total. The van der Waals surface area contributed by atoms with Crippen molar-refractivity contribution in [3.8, 4) is 33.6 Å². The SMILES string of the molecule is CC(C)(C)Cc1ccnc(-c2[c-]cc3sc4cccc(-c5ccccc5)c4c3c2)c1.C[Si](C)(C)c1ccc(-c2[c-]cccc2)nc1.[Ir]. The van der Waals surface area contributed by atoms with Crippen molar-refractivity contribution in [3.05, 3.63) is 139 Å². The van der Waals surface area contributed by atoms with Crippen molar-refractivity contribution in [1.82, 2.24) is 9.97 Å². The van der Waals surface area contributed by atoms with Crippen LogP contribution in [0.2, 0.25) is 19.6 Å². The fourth-order valence-corrected chi connectivity index (χ4v) is 7.80. The number of pyridine rings is 2. The van der Waals surface area contributed by atoms with Gasteiger partial charge in [0.25, 0.3) is 0 Å². The van der Waals surface area contributed by atoms with E-state index in [1.54, 1.807) is 0 Å². The summed E-state index contributed by atoms with van der Waals surface area (Å²) in [6.45, 7) is 13.8. The second kappa shape index (κ2) is 14.6. The molecule has 0 aliphatic rings. The Labute approximate surface area is 298 Å². The molecule has 0 amide bonds. The number of benzene rings is 4. The zero-order valence-corrected chi connectivity index (χ0v) is 32.1. The van der Waals surface area contributed by atoms with Gasteiger partial charge in [-0.15, -0.1) is 59.7 Å². The fraction of sp³-hybridized carbons (Fsp3) is 0.190. The van der Waals surface area contributed by atoms with E-state index >= 15 is 0 Å². The molecule has 0 spiro atoms. The van der Waals surface area contributed by atoms with E-state index in [9.17, 15) is 0 Å². The average Bonchev–Trinajstić information content (AvgIpc) is 3.43. The number of aromatic nitrogens is 2. The first-order valence-electron chi connectivity index (χ1n) is 15.9. The van der Waals surface area contributed by atoms with Crippen LogP contribution in [0.25, 0.3) is 53.8 Å². The van der Waals surface area contributed by atoms with Crippen molar-refractivity contribution in [2.75, 3.05) is 0 Å². The van der Waals surface area contributed by atoms with E-state index in [1.165, 1.54) is 42.0 Å². The molecule has 0 bridgehead atoms. The zero-order valence-electron chi connectivity index (χ0n) is 27.9. The van der Waals surface area contributed by atoms with Crippen molar-refractivity contribution in [3.63, 3.8) is 0 Å². The summed E-state index contributed by atoms with van der Waals surface area (Å²) in [7, 11) is -1.23. The fourth-order valence-electron chi connectivity index (χ4n) is 5.67. The van der Waals surface area contributed by atoms with Crippen LogP contribution in [0, 0.1) is 17.5 Å². The second-order valence-electron chi connectivity index (χ2n) is 14.0. The average molecular weight is 825 g/mol. The van der Waals surface area contributed by atoms with E-state index in [4.69, 9.17) is 0 Å². The topological polar surface area (TPSA) is 25.8 Å². The predicted octanol–water partition coefficient (Wildman–Crippen LogP) is 11.3. The Morgan fingerprint density at radius 2 is 1.51 bits per heavy atom. The van der Waals surface area contributed by atoms with Crippen molar-refractivity contribution in [2.24, 2.45) is 5.41 Å². The molecule has 0 aliphatic heterocycles. The monoisotopic (exact) mass is 825 g/mol. The van der Waals surface area contributed by atoms with Gasteiger partial charge in [-0.3, -0.25) is 0 Å². The van der Waals surface area contributed by atoms with Gasteiger partial charge in [-0.25, -0.2) is 0 Å². The number of nitrogens with zero attached hydrogens (tertiary/aromatic N) is 2. The second-order valence-corrected chi connectivity index (χ2v) is 20.2. The maximum Gasteiger partial charge on any atom is 0.0795 e. The summed E-state index contributed by atoms with van der Waals surface area (Å²) >= 11 is 1.83. The third-order valence-corrected chi connectivity index (χ3v) is 11.1. The van der Waals surface area contributed by atoms with Crippen LogP contribution in [0.4, 0.5) is 0 Å². The van der Waals surface area contributed by atoms with Crippen LogP contribution in [0.15, 0.2) is 122 Å². The Balaban J connectivity index is 0.000000217. The minimum Gasteiger partial charge on any atom is -0.305 e. The van der Waals surface area contributed by atoms with E-state index in [2.05, 4.69) is 147 Å². The molecular formula is C42H40IrN2SSi-2. The predicted molar refractivity (Wildman–Crippen MR) is 201 cm³/mol. The normalized spacial score (nSPS) is 11.5. The summed E-state index contributed by atoms with van der Waals surface area (Å²) < 4.78 is 2.58. The summed E-state index contributed by atoms with van der Waals surface area (Å²) in [5.74, 6) is 0. The number of rotatable bonds is 5. The molecular weight excluding hydrogens is 785 g/mol. The smallest absolute Gasteiger partial charge is 0.0795 e. The number of hydrogen-bond donors (Lipinski definition) is 0. The molecule has 0 unspecified atom stereocenters. The molecule has 7 aromatic rings. The van der Waals surface area contributed by atoms with E-state index in [0.717, 1.165) is 28.9 Å². The maximum atomic E-state index is 4.66. The summed E-state index contributed by atoms with van der Waals surface area (Å²) in [6.07, 6.45) is 4.97.